The van der Waals surface area contributed by atoms with Gasteiger partial charge >= 0.3 is 5.97 Å². The van der Waals surface area contributed by atoms with Gasteiger partial charge in [0.05, 0.1) is 36.6 Å². The highest BCUT2D eigenvalue weighted by Gasteiger charge is 2.52. The minimum atomic E-state index is -1.04. The highest BCUT2D eigenvalue weighted by molar-refractivity contribution is 5.83. The fourth-order valence-corrected chi connectivity index (χ4v) is 8.04. The molecule has 2 bridgehead atoms. The summed E-state index contributed by atoms with van der Waals surface area (Å²) in [6.45, 7) is 15.9. The first-order valence-electron chi connectivity index (χ1n) is 20.2. The number of ketones is 1. The van der Waals surface area contributed by atoms with E-state index in [-0.39, 0.29) is 48.4 Å². The lowest BCUT2D eigenvalue weighted by molar-refractivity contribution is -0.346. The average Bonchev–Trinajstić information content (AvgIpc) is 3.08. The molecular formula is C42H72O9. The third-order valence-electron chi connectivity index (χ3n) is 12.1. The van der Waals surface area contributed by atoms with Crippen molar-refractivity contribution >= 4 is 11.8 Å². The maximum Gasteiger partial charge on any atom is 0.330 e. The molecule has 3 heterocycles. The Balaban J connectivity index is 1.91. The molecule has 2 saturated heterocycles. The minimum Gasteiger partial charge on any atom is -0.459 e. The second-order valence-electron chi connectivity index (χ2n) is 17.0. The number of ether oxygens (including phenoxy) is 3. The van der Waals surface area contributed by atoms with Gasteiger partial charge in [0.25, 0.3) is 0 Å². The first kappa shape index (κ1) is 43.8. The summed E-state index contributed by atoms with van der Waals surface area (Å²) < 4.78 is 19.7. The Morgan fingerprint density at radius 2 is 1.59 bits per heavy atom. The van der Waals surface area contributed by atoms with Crippen molar-refractivity contribution in [2.75, 3.05) is 0 Å². The number of allylic oxidation sites excluding steroid dienone is 2. The van der Waals surface area contributed by atoms with Crippen LogP contribution in [0.4, 0.5) is 0 Å². The van der Waals surface area contributed by atoms with Crippen LogP contribution in [0.5, 0.6) is 0 Å². The highest BCUT2D eigenvalue weighted by atomic mass is 16.7. The zero-order valence-electron chi connectivity index (χ0n) is 32.9. The number of carbonyl (C=O) groups is 2. The molecule has 0 saturated carbocycles. The second kappa shape index (κ2) is 20.7. The number of hydrogen-bond acceptors (Lipinski definition) is 9. The molecule has 14 atom stereocenters. The number of aliphatic hydroxyl groups is 4. The average molecular weight is 721 g/mol. The van der Waals surface area contributed by atoms with Crippen molar-refractivity contribution < 1.29 is 44.2 Å². The molecule has 3 aliphatic heterocycles. The van der Waals surface area contributed by atoms with E-state index in [1.807, 2.05) is 20.8 Å². The predicted octanol–water partition coefficient (Wildman–Crippen LogP) is 7.07. The smallest absolute Gasteiger partial charge is 0.330 e. The van der Waals surface area contributed by atoms with Gasteiger partial charge in [0.1, 0.15) is 11.9 Å². The summed E-state index contributed by atoms with van der Waals surface area (Å²) in [4.78, 5) is 27.4. The van der Waals surface area contributed by atoms with Gasteiger partial charge in [-0.3, -0.25) is 4.79 Å². The van der Waals surface area contributed by atoms with Crippen molar-refractivity contribution in [1.29, 1.82) is 0 Å². The highest BCUT2D eigenvalue weighted by Crippen LogP contribution is 2.45. The molecule has 0 amide bonds. The van der Waals surface area contributed by atoms with E-state index in [9.17, 15) is 30.0 Å². The fourth-order valence-electron chi connectivity index (χ4n) is 8.04. The standard InChI is InChI=1S/C42H72O9/c1-9-33(43)22-37-28(5)19-20-42(50-37)25-39-31(8)38(51-42)24-36(46)32(21-26(2)3)16-14-12-10-11-13-15-27(4)34(44)23-35(45)30(7)41(48)29(6)17-18-40(47)49-39/h14,16-18,26-35,37-39,41,43-45,48H,9-13,15,19-25H2,1-8H3/b16-14+,18-17-. The van der Waals surface area contributed by atoms with Crippen molar-refractivity contribution in [1.82, 2.24) is 0 Å². The number of rotatable bonds is 5. The van der Waals surface area contributed by atoms with Gasteiger partial charge in [-0.15, -0.1) is 0 Å². The van der Waals surface area contributed by atoms with Crippen molar-refractivity contribution in [3.8, 4) is 0 Å². The number of Topliss-reactive ketones (excluding diaryl/α,β-unsaturated/α-hetero) is 1. The molecule has 294 valence electrons. The van der Waals surface area contributed by atoms with Crippen LogP contribution in [-0.4, -0.2) is 80.7 Å². The fraction of sp³-hybridized carbons (Fsp3) is 0.857. The van der Waals surface area contributed by atoms with E-state index >= 15 is 0 Å². The molecule has 14 unspecified atom stereocenters. The van der Waals surface area contributed by atoms with E-state index in [4.69, 9.17) is 14.2 Å². The maximum atomic E-state index is 14.0. The van der Waals surface area contributed by atoms with Crippen LogP contribution in [0.25, 0.3) is 0 Å². The SMILES string of the molecule is CCC(O)CC1OC2(CCC1C)CC1OC(=O)/C=C\C(C)C(O)C(C)C(O)CC(O)C(C)CCCCC/C=C/C(CC(C)C)C(=O)CC(O2)C1C. The van der Waals surface area contributed by atoms with E-state index in [2.05, 4.69) is 32.9 Å². The molecule has 4 N–H and O–H groups in total. The lowest BCUT2D eigenvalue weighted by Crippen LogP contribution is -2.57. The second-order valence-corrected chi connectivity index (χ2v) is 17.0. The quantitative estimate of drug-likeness (QED) is 0.173. The van der Waals surface area contributed by atoms with E-state index in [0.717, 1.165) is 44.9 Å². The zero-order valence-corrected chi connectivity index (χ0v) is 32.9. The zero-order chi connectivity index (χ0) is 37.9. The molecule has 3 aliphatic rings. The monoisotopic (exact) mass is 721 g/mol. The summed E-state index contributed by atoms with van der Waals surface area (Å²) in [5.41, 5.74) is 0. The molecule has 9 nitrogen and oxygen atoms in total. The van der Waals surface area contributed by atoms with Gasteiger partial charge in [-0.2, -0.15) is 0 Å². The molecule has 0 aromatic heterocycles. The molecule has 51 heavy (non-hydrogen) atoms. The van der Waals surface area contributed by atoms with Crippen LogP contribution in [0.15, 0.2) is 24.3 Å². The van der Waals surface area contributed by atoms with Crippen LogP contribution in [0.3, 0.4) is 0 Å². The van der Waals surface area contributed by atoms with Crippen LogP contribution in [0, 0.1) is 41.4 Å². The molecule has 3 rings (SSSR count). The summed E-state index contributed by atoms with van der Waals surface area (Å²) in [7, 11) is 0. The van der Waals surface area contributed by atoms with Crippen LogP contribution in [0.1, 0.15) is 139 Å². The lowest BCUT2D eigenvalue weighted by Gasteiger charge is -2.51. The lowest BCUT2D eigenvalue weighted by atomic mass is 9.79. The summed E-state index contributed by atoms with van der Waals surface area (Å²) in [6, 6.07) is 0. The first-order chi connectivity index (χ1) is 24.1. The van der Waals surface area contributed by atoms with Crippen LogP contribution < -0.4 is 0 Å². The first-order valence-corrected chi connectivity index (χ1v) is 20.2. The third-order valence-corrected chi connectivity index (χ3v) is 12.1. The molecule has 0 aromatic carbocycles. The molecule has 1 spiro atoms. The number of fused-ring (bicyclic) bond motifs is 2. The van der Waals surface area contributed by atoms with Gasteiger partial charge in [0.2, 0.25) is 0 Å². The van der Waals surface area contributed by atoms with Crippen LogP contribution in [-0.2, 0) is 23.8 Å². The number of aliphatic hydroxyl groups excluding tert-OH is 4. The molecule has 0 aliphatic carbocycles. The maximum absolute atomic E-state index is 14.0. The summed E-state index contributed by atoms with van der Waals surface area (Å²) >= 11 is 0. The Morgan fingerprint density at radius 3 is 2.27 bits per heavy atom. The van der Waals surface area contributed by atoms with E-state index in [1.54, 1.807) is 19.9 Å². The summed E-state index contributed by atoms with van der Waals surface area (Å²) in [5, 5.41) is 43.3. The van der Waals surface area contributed by atoms with Crippen LogP contribution in [0.2, 0.25) is 0 Å². The molecule has 2 fully saturated rings. The van der Waals surface area contributed by atoms with E-state index < -0.39 is 60.2 Å². The van der Waals surface area contributed by atoms with Gasteiger partial charge in [-0.1, -0.05) is 86.5 Å². The Hall–Kier alpha value is -1.62. The van der Waals surface area contributed by atoms with E-state index in [0.29, 0.717) is 31.6 Å². The van der Waals surface area contributed by atoms with Crippen LogP contribution >= 0.6 is 0 Å². The minimum absolute atomic E-state index is 0.0182. The summed E-state index contributed by atoms with van der Waals surface area (Å²) in [5.74, 6) is -2.41. The van der Waals surface area contributed by atoms with Gasteiger partial charge in [-0.25, -0.2) is 4.79 Å². The van der Waals surface area contributed by atoms with Crippen molar-refractivity contribution in [3.63, 3.8) is 0 Å². The Bertz CT molecular complexity index is 1120. The molecule has 9 heteroatoms. The number of esters is 1. The molecular weight excluding hydrogens is 648 g/mol. The van der Waals surface area contributed by atoms with Gasteiger partial charge in [-0.05, 0) is 69.1 Å². The predicted molar refractivity (Wildman–Crippen MR) is 200 cm³/mol. The van der Waals surface area contributed by atoms with Gasteiger partial charge in [0, 0.05) is 49.0 Å². The Morgan fingerprint density at radius 1 is 0.863 bits per heavy atom. The third kappa shape index (κ3) is 13.3. The number of hydrogen-bond donors (Lipinski definition) is 4. The van der Waals surface area contributed by atoms with Gasteiger partial charge in [0.15, 0.2) is 5.79 Å². The van der Waals surface area contributed by atoms with Gasteiger partial charge < -0.3 is 34.6 Å². The topological polar surface area (TPSA) is 143 Å². The molecule has 0 radical (unpaired) electrons. The van der Waals surface area contributed by atoms with Crippen molar-refractivity contribution in [2.45, 2.75) is 187 Å². The van der Waals surface area contributed by atoms with Crippen molar-refractivity contribution in [3.05, 3.63) is 24.3 Å². The summed E-state index contributed by atoms with van der Waals surface area (Å²) in [6.07, 6.45) is 11.4. The molecule has 0 aromatic rings. The van der Waals surface area contributed by atoms with E-state index in [1.165, 1.54) is 6.08 Å². The largest absolute Gasteiger partial charge is 0.459 e. The number of carbonyl (C=O) groups excluding carboxylic acids is 2. The van der Waals surface area contributed by atoms with Crippen molar-refractivity contribution in [2.24, 2.45) is 41.4 Å². The normalized spacial score (nSPS) is 42.1. The Kier molecular flexibility index (Phi) is 17.8. The Labute approximate surface area is 308 Å².